The highest BCUT2D eigenvalue weighted by molar-refractivity contribution is 6.05. The van der Waals surface area contributed by atoms with Crippen LogP contribution in [0.15, 0.2) is 54.6 Å². The lowest BCUT2D eigenvalue weighted by molar-refractivity contribution is -0.125. The fourth-order valence-electron chi connectivity index (χ4n) is 3.87. The normalized spacial score (nSPS) is 13.3. The number of ether oxygens (including phenoxy) is 1. The van der Waals surface area contributed by atoms with E-state index in [4.69, 9.17) is 4.74 Å². The lowest BCUT2D eigenvalue weighted by Crippen LogP contribution is -2.30. The third kappa shape index (κ3) is 4.07. The van der Waals surface area contributed by atoms with E-state index >= 15 is 0 Å². The summed E-state index contributed by atoms with van der Waals surface area (Å²) < 4.78 is 7.24. The van der Waals surface area contributed by atoms with E-state index in [1.807, 2.05) is 54.8 Å². The van der Waals surface area contributed by atoms with Gasteiger partial charge in [0.05, 0.1) is 25.8 Å². The standard InChI is InChI=1S/C24H24N4O4/c1-15-11-21(16(2)28(15)19-7-9-20(32-3)10-8-19)23(30)26-18-6-4-5-17(12-18)14-27-22(29)13-25-24(27)31/h4-12H,13-14H2,1-3H3,(H,25,31)(H,26,30). The molecule has 2 aromatic carbocycles. The fourth-order valence-corrected chi connectivity index (χ4v) is 3.87. The van der Waals surface area contributed by atoms with Gasteiger partial charge < -0.3 is 19.9 Å². The SMILES string of the molecule is COc1ccc(-n2c(C)cc(C(=O)Nc3cccc(CN4C(=O)CNC4=O)c3)c2C)cc1. The summed E-state index contributed by atoms with van der Waals surface area (Å²) in [4.78, 5) is 37.8. The van der Waals surface area contributed by atoms with Crippen LogP contribution in [-0.2, 0) is 11.3 Å². The summed E-state index contributed by atoms with van der Waals surface area (Å²) >= 11 is 0. The largest absolute Gasteiger partial charge is 0.497 e. The molecule has 1 aliphatic heterocycles. The van der Waals surface area contributed by atoms with Gasteiger partial charge in [0.2, 0.25) is 5.91 Å². The topological polar surface area (TPSA) is 92.7 Å². The Kier molecular flexibility index (Phi) is 5.68. The first-order valence-electron chi connectivity index (χ1n) is 10.2. The first-order chi connectivity index (χ1) is 15.4. The average Bonchev–Trinajstić information content (AvgIpc) is 3.26. The van der Waals surface area contributed by atoms with Crippen molar-refractivity contribution in [2.45, 2.75) is 20.4 Å². The first-order valence-corrected chi connectivity index (χ1v) is 10.2. The second kappa shape index (κ2) is 8.58. The molecule has 4 rings (SSSR count). The van der Waals surface area contributed by atoms with Gasteiger partial charge in [-0.2, -0.15) is 0 Å². The number of anilines is 1. The van der Waals surface area contributed by atoms with Crippen molar-refractivity contribution in [2.75, 3.05) is 19.0 Å². The molecule has 0 spiro atoms. The Morgan fingerprint density at radius 1 is 1.09 bits per heavy atom. The van der Waals surface area contributed by atoms with Crippen molar-refractivity contribution in [1.82, 2.24) is 14.8 Å². The molecular formula is C24H24N4O4. The van der Waals surface area contributed by atoms with Crippen LogP contribution in [0.25, 0.3) is 5.69 Å². The Labute approximate surface area is 185 Å². The highest BCUT2D eigenvalue weighted by Crippen LogP contribution is 2.24. The van der Waals surface area contributed by atoms with E-state index in [1.54, 1.807) is 25.3 Å². The van der Waals surface area contributed by atoms with Crippen LogP contribution in [0.2, 0.25) is 0 Å². The number of methoxy groups -OCH3 is 1. The number of carbonyl (C=O) groups is 3. The molecule has 1 aliphatic rings. The molecule has 8 nitrogen and oxygen atoms in total. The van der Waals surface area contributed by atoms with Gasteiger partial charge in [-0.15, -0.1) is 0 Å². The number of nitrogens with one attached hydrogen (secondary N) is 2. The van der Waals surface area contributed by atoms with E-state index in [0.29, 0.717) is 11.3 Å². The Bertz CT molecular complexity index is 1180. The number of aryl methyl sites for hydroxylation is 1. The van der Waals surface area contributed by atoms with Crippen molar-refractivity contribution >= 4 is 23.5 Å². The molecular weight excluding hydrogens is 408 g/mol. The van der Waals surface area contributed by atoms with E-state index in [1.165, 1.54) is 0 Å². The Morgan fingerprint density at radius 3 is 2.50 bits per heavy atom. The van der Waals surface area contributed by atoms with Gasteiger partial charge in [-0.1, -0.05) is 12.1 Å². The van der Waals surface area contributed by atoms with Crippen LogP contribution in [0, 0.1) is 13.8 Å². The smallest absolute Gasteiger partial charge is 0.324 e. The van der Waals surface area contributed by atoms with Gasteiger partial charge in [0, 0.05) is 22.8 Å². The maximum atomic E-state index is 13.0. The lowest BCUT2D eigenvalue weighted by atomic mass is 10.1. The molecule has 1 saturated heterocycles. The minimum absolute atomic E-state index is 0.0130. The van der Waals surface area contributed by atoms with Crippen LogP contribution in [0.5, 0.6) is 5.75 Å². The first kappa shape index (κ1) is 21.2. The predicted octanol–water partition coefficient (Wildman–Crippen LogP) is 3.41. The zero-order valence-electron chi connectivity index (χ0n) is 18.1. The van der Waals surface area contributed by atoms with Gasteiger partial charge in [-0.25, -0.2) is 4.79 Å². The molecule has 1 aromatic heterocycles. The second-order valence-corrected chi connectivity index (χ2v) is 7.61. The Morgan fingerprint density at radius 2 is 1.84 bits per heavy atom. The van der Waals surface area contributed by atoms with E-state index in [-0.39, 0.29) is 24.9 Å². The quantitative estimate of drug-likeness (QED) is 0.584. The number of hydrogen-bond donors (Lipinski definition) is 2. The molecule has 0 bridgehead atoms. The van der Waals surface area contributed by atoms with E-state index in [0.717, 1.165) is 33.3 Å². The van der Waals surface area contributed by atoms with Crippen LogP contribution in [0.3, 0.4) is 0 Å². The number of aromatic nitrogens is 1. The molecule has 3 aromatic rings. The fraction of sp³-hybridized carbons (Fsp3) is 0.208. The molecule has 4 amide bonds. The van der Waals surface area contributed by atoms with Gasteiger partial charge in [-0.05, 0) is 61.9 Å². The molecule has 1 fully saturated rings. The minimum atomic E-state index is -0.407. The van der Waals surface area contributed by atoms with Crippen molar-refractivity contribution in [3.05, 3.63) is 77.1 Å². The monoisotopic (exact) mass is 432 g/mol. The number of carbonyl (C=O) groups excluding carboxylic acids is 3. The predicted molar refractivity (Wildman–Crippen MR) is 120 cm³/mol. The lowest BCUT2D eigenvalue weighted by Gasteiger charge is -2.13. The van der Waals surface area contributed by atoms with E-state index in [9.17, 15) is 14.4 Å². The highest BCUT2D eigenvalue weighted by Gasteiger charge is 2.28. The van der Waals surface area contributed by atoms with Crippen LogP contribution in [-0.4, -0.2) is 41.0 Å². The maximum absolute atomic E-state index is 13.0. The summed E-state index contributed by atoms with van der Waals surface area (Å²) in [5.74, 6) is 0.266. The third-order valence-corrected chi connectivity index (χ3v) is 5.47. The summed E-state index contributed by atoms with van der Waals surface area (Å²) in [6.07, 6.45) is 0. The van der Waals surface area contributed by atoms with Gasteiger partial charge in [-0.3, -0.25) is 14.5 Å². The molecule has 0 aliphatic carbocycles. The number of rotatable bonds is 6. The summed E-state index contributed by atoms with van der Waals surface area (Å²) in [5, 5.41) is 5.42. The Hall–Kier alpha value is -4.07. The van der Waals surface area contributed by atoms with Crippen LogP contribution < -0.4 is 15.4 Å². The second-order valence-electron chi connectivity index (χ2n) is 7.61. The molecule has 8 heteroatoms. The van der Waals surface area contributed by atoms with Crippen molar-refractivity contribution in [2.24, 2.45) is 0 Å². The molecule has 164 valence electrons. The maximum Gasteiger partial charge on any atom is 0.324 e. The zero-order valence-corrected chi connectivity index (χ0v) is 18.1. The van der Waals surface area contributed by atoms with E-state index in [2.05, 4.69) is 10.6 Å². The molecule has 2 N–H and O–H groups in total. The number of nitrogens with zero attached hydrogens (tertiary/aromatic N) is 2. The van der Waals surface area contributed by atoms with Gasteiger partial charge >= 0.3 is 6.03 Å². The summed E-state index contributed by atoms with van der Waals surface area (Å²) in [6.45, 7) is 4.02. The van der Waals surface area contributed by atoms with Gasteiger partial charge in [0.25, 0.3) is 5.91 Å². The van der Waals surface area contributed by atoms with Crippen LogP contribution >= 0.6 is 0 Å². The summed E-state index contributed by atoms with van der Waals surface area (Å²) in [5.41, 5.74) is 4.60. The number of hydrogen-bond acceptors (Lipinski definition) is 4. The molecule has 0 saturated carbocycles. The van der Waals surface area contributed by atoms with Crippen LogP contribution in [0.1, 0.15) is 27.3 Å². The molecule has 0 atom stereocenters. The van der Waals surface area contributed by atoms with Crippen molar-refractivity contribution in [3.63, 3.8) is 0 Å². The van der Waals surface area contributed by atoms with Gasteiger partial charge in [0.15, 0.2) is 0 Å². The van der Waals surface area contributed by atoms with Crippen LogP contribution in [0.4, 0.5) is 10.5 Å². The molecule has 2 heterocycles. The van der Waals surface area contributed by atoms with Crippen molar-refractivity contribution in [3.8, 4) is 11.4 Å². The third-order valence-electron chi connectivity index (χ3n) is 5.47. The number of amides is 4. The zero-order chi connectivity index (χ0) is 22.8. The molecule has 0 unspecified atom stereocenters. The average molecular weight is 432 g/mol. The number of imide groups is 1. The number of urea groups is 1. The Balaban J connectivity index is 1.53. The highest BCUT2D eigenvalue weighted by atomic mass is 16.5. The minimum Gasteiger partial charge on any atom is -0.497 e. The van der Waals surface area contributed by atoms with Gasteiger partial charge in [0.1, 0.15) is 5.75 Å². The number of benzene rings is 2. The van der Waals surface area contributed by atoms with Crippen molar-refractivity contribution in [1.29, 1.82) is 0 Å². The van der Waals surface area contributed by atoms with E-state index < -0.39 is 6.03 Å². The molecule has 0 radical (unpaired) electrons. The molecule has 32 heavy (non-hydrogen) atoms. The summed E-state index contributed by atoms with van der Waals surface area (Å²) in [7, 11) is 1.62. The van der Waals surface area contributed by atoms with Crippen molar-refractivity contribution < 1.29 is 19.1 Å². The summed E-state index contributed by atoms with van der Waals surface area (Å²) in [6, 6.07) is 16.2.